The highest BCUT2D eigenvalue weighted by Crippen LogP contribution is 2.40. The lowest BCUT2D eigenvalue weighted by Gasteiger charge is -2.36. The van der Waals surface area contributed by atoms with Crippen molar-refractivity contribution in [1.29, 1.82) is 0 Å². The largest absolute Gasteiger partial charge is 0.489 e. The van der Waals surface area contributed by atoms with Gasteiger partial charge >= 0.3 is 0 Å². The van der Waals surface area contributed by atoms with E-state index in [9.17, 15) is 13.2 Å². The molecule has 1 aliphatic carbocycles. The lowest BCUT2D eigenvalue weighted by atomic mass is 10.1. The van der Waals surface area contributed by atoms with Crippen molar-refractivity contribution in [3.05, 3.63) is 72.1 Å². The summed E-state index contributed by atoms with van der Waals surface area (Å²) in [5.41, 5.74) is 3.14. The van der Waals surface area contributed by atoms with Gasteiger partial charge in [-0.1, -0.05) is 6.07 Å². The van der Waals surface area contributed by atoms with Gasteiger partial charge in [-0.25, -0.2) is 18.4 Å². The van der Waals surface area contributed by atoms with Crippen LogP contribution in [0.5, 0.6) is 5.75 Å². The van der Waals surface area contributed by atoms with Crippen molar-refractivity contribution in [2.45, 2.75) is 62.9 Å². The third-order valence-corrected chi connectivity index (χ3v) is 10.2. The van der Waals surface area contributed by atoms with E-state index >= 15 is 0 Å². The molecule has 1 saturated carbocycles. The third-order valence-electron chi connectivity index (χ3n) is 8.44. The van der Waals surface area contributed by atoms with Gasteiger partial charge in [-0.15, -0.1) is 0 Å². The van der Waals surface area contributed by atoms with Gasteiger partial charge in [0, 0.05) is 30.2 Å². The van der Waals surface area contributed by atoms with Crippen molar-refractivity contribution in [3.8, 4) is 17.1 Å². The third kappa shape index (κ3) is 5.98. The molecule has 0 bridgehead atoms. The maximum Gasteiger partial charge on any atom is 0.251 e. The maximum atomic E-state index is 13.1. The molecule has 3 atom stereocenters. The van der Waals surface area contributed by atoms with Gasteiger partial charge in [0.1, 0.15) is 22.6 Å². The summed E-state index contributed by atoms with van der Waals surface area (Å²) in [6.45, 7) is 5.86. The first-order valence-corrected chi connectivity index (χ1v) is 16.8. The van der Waals surface area contributed by atoms with Crippen LogP contribution in [0.25, 0.3) is 22.3 Å². The van der Waals surface area contributed by atoms with Crippen LogP contribution >= 0.6 is 0 Å². The summed E-state index contributed by atoms with van der Waals surface area (Å²) in [7, 11) is -3.54. The van der Waals surface area contributed by atoms with Crippen molar-refractivity contribution < 1.29 is 22.7 Å². The number of benzene rings is 1. The Morgan fingerprint density at radius 1 is 0.977 bits per heavy atom. The summed E-state index contributed by atoms with van der Waals surface area (Å²) < 4.78 is 37.9. The molecule has 1 saturated heterocycles. The zero-order valence-electron chi connectivity index (χ0n) is 24.8. The van der Waals surface area contributed by atoms with E-state index < -0.39 is 9.84 Å². The molecule has 0 radical (unpaired) electrons. The fourth-order valence-electron chi connectivity index (χ4n) is 6.07. The van der Waals surface area contributed by atoms with Crippen LogP contribution in [0.2, 0.25) is 0 Å². The summed E-state index contributed by atoms with van der Waals surface area (Å²) in [6.07, 6.45) is 4.52. The van der Waals surface area contributed by atoms with Gasteiger partial charge in [-0.05, 0) is 87.6 Å². The minimum atomic E-state index is -3.54. The number of amides is 1. The van der Waals surface area contributed by atoms with Crippen LogP contribution in [-0.2, 0) is 21.1 Å². The van der Waals surface area contributed by atoms with Crippen LogP contribution in [0.3, 0.4) is 0 Å². The van der Waals surface area contributed by atoms with Crippen molar-refractivity contribution in [1.82, 2.24) is 20.3 Å². The number of hydrogen-bond donors (Lipinski definition) is 1. The lowest BCUT2D eigenvalue weighted by Crippen LogP contribution is -2.45. The number of anilines is 1. The first kappa shape index (κ1) is 28.7. The van der Waals surface area contributed by atoms with Crippen molar-refractivity contribution in [2.75, 3.05) is 23.7 Å². The molecule has 4 aromatic rings. The lowest BCUT2D eigenvalue weighted by molar-refractivity contribution is -0.00545. The number of nitrogens with zero attached hydrogens (tertiary/aromatic N) is 4. The Labute approximate surface area is 256 Å². The predicted octanol–water partition coefficient (Wildman–Crippen LogP) is 4.57. The van der Waals surface area contributed by atoms with Gasteiger partial charge in [-0.2, -0.15) is 0 Å². The fourth-order valence-corrected chi connectivity index (χ4v) is 7.56. The minimum Gasteiger partial charge on any atom is -0.489 e. The first-order chi connectivity index (χ1) is 21.2. The summed E-state index contributed by atoms with van der Waals surface area (Å²) in [5.74, 6) is 1.28. The monoisotopic (exact) mass is 613 g/mol. The number of pyridine rings is 3. The van der Waals surface area contributed by atoms with Gasteiger partial charge in [-0.3, -0.25) is 9.78 Å². The molecular weight excluding hydrogens is 578 g/mol. The normalized spacial score (nSPS) is 23.0. The number of aromatic nitrogens is 3. The quantitative estimate of drug-likeness (QED) is 0.333. The van der Waals surface area contributed by atoms with Crippen LogP contribution in [0.15, 0.2) is 65.7 Å². The van der Waals surface area contributed by atoms with E-state index in [1.807, 2.05) is 36.4 Å². The highest BCUT2D eigenvalue weighted by molar-refractivity contribution is 7.91. The second kappa shape index (κ2) is 11.4. The molecule has 3 aliphatic rings. The zero-order valence-corrected chi connectivity index (χ0v) is 25.6. The number of rotatable bonds is 6. The molecule has 2 aliphatic heterocycles. The molecule has 10 nitrogen and oxygen atoms in total. The molecule has 2 fully saturated rings. The van der Waals surface area contributed by atoms with E-state index in [2.05, 4.69) is 29.0 Å². The highest BCUT2D eigenvalue weighted by Gasteiger charge is 2.37. The molecule has 0 unspecified atom stereocenters. The van der Waals surface area contributed by atoms with E-state index in [1.165, 1.54) is 6.07 Å². The predicted molar refractivity (Wildman–Crippen MR) is 166 cm³/mol. The van der Waals surface area contributed by atoms with Gasteiger partial charge in [0.25, 0.3) is 5.91 Å². The molecule has 228 valence electrons. The number of ether oxygens (including phenoxy) is 2. The Bertz CT molecular complexity index is 1830. The summed E-state index contributed by atoms with van der Waals surface area (Å²) in [4.78, 5) is 29.7. The van der Waals surface area contributed by atoms with Crippen LogP contribution in [-0.4, -0.2) is 66.4 Å². The first-order valence-electron chi connectivity index (χ1n) is 15.2. The topological polar surface area (TPSA) is 124 Å². The fraction of sp³-hybridized carbons (Fsp3) is 0.394. The second-order valence-electron chi connectivity index (χ2n) is 12.1. The molecule has 1 aromatic carbocycles. The smallest absolute Gasteiger partial charge is 0.251 e. The number of hydrogen-bond acceptors (Lipinski definition) is 9. The molecule has 7 rings (SSSR count). The van der Waals surface area contributed by atoms with Gasteiger partial charge < -0.3 is 19.7 Å². The number of morpholine rings is 1. The average molecular weight is 614 g/mol. The molecule has 44 heavy (non-hydrogen) atoms. The van der Waals surface area contributed by atoms with Crippen molar-refractivity contribution >= 4 is 32.5 Å². The summed E-state index contributed by atoms with van der Waals surface area (Å²) >= 11 is 0. The zero-order chi connectivity index (χ0) is 30.4. The summed E-state index contributed by atoms with van der Waals surface area (Å²) in [6, 6.07) is 16.3. The Morgan fingerprint density at radius 2 is 1.77 bits per heavy atom. The average Bonchev–Trinajstić information content (AvgIpc) is 3.87. The standard InChI is InChI=1S/C33H35N5O5S/c1-20-18-38(19-21(2)42-20)32-5-3-4-26(37-32)27-10-8-24-16-34-25(15-28(24)36-27)17-35-33(39)23-9-11-30-31(14-23)44(40,41)13-12-29(43-30)22-6-7-22/h3-5,8-11,14-16,20-22,29H,6-7,12-13,17-19H2,1-2H3,(H,35,39)/t20-,21+,29-/m0/s1. The van der Waals surface area contributed by atoms with Gasteiger partial charge in [0.05, 0.1) is 47.1 Å². The molecule has 1 amide bonds. The molecular formula is C33H35N5O5S. The molecule has 0 spiro atoms. The van der Waals surface area contributed by atoms with Crippen LogP contribution in [0.1, 0.15) is 49.2 Å². The number of carbonyl (C=O) groups is 1. The Kier molecular flexibility index (Phi) is 7.45. The molecule has 1 N–H and O–H groups in total. The van der Waals surface area contributed by atoms with E-state index in [0.717, 1.165) is 54.0 Å². The number of fused-ring (bicyclic) bond motifs is 2. The van der Waals surface area contributed by atoms with Crippen molar-refractivity contribution in [2.24, 2.45) is 5.92 Å². The second-order valence-corrected chi connectivity index (χ2v) is 14.1. The van der Waals surface area contributed by atoms with Gasteiger partial charge in [0.15, 0.2) is 9.84 Å². The van der Waals surface area contributed by atoms with Crippen molar-refractivity contribution in [3.63, 3.8) is 0 Å². The molecule has 11 heteroatoms. The number of sulfone groups is 1. The highest BCUT2D eigenvalue weighted by atomic mass is 32.2. The SMILES string of the molecule is C[C@@H]1CN(c2cccc(-c3ccc4cnc(CNC(=O)c5ccc6c(c5)S(=O)(=O)CC[C@@H](C5CC5)O6)cc4n3)n2)C[C@H](C)O1. The molecule has 5 heterocycles. The Balaban J connectivity index is 1.07. The Hall–Kier alpha value is -4.09. The summed E-state index contributed by atoms with van der Waals surface area (Å²) in [5, 5.41) is 3.74. The van der Waals surface area contributed by atoms with E-state index in [-0.39, 0.29) is 47.0 Å². The van der Waals surface area contributed by atoms with Crippen LogP contribution < -0.4 is 15.0 Å². The number of nitrogens with one attached hydrogen (secondary N) is 1. The van der Waals surface area contributed by atoms with E-state index in [1.54, 1.807) is 18.3 Å². The maximum absolute atomic E-state index is 13.1. The minimum absolute atomic E-state index is 0.0215. The van der Waals surface area contributed by atoms with E-state index in [0.29, 0.717) is 23.8 Å². The van der Waals surface area contributed by atoms with Gasteiger partial charge in [0.2, 0.25) is 0 Å². The van der Waals surface area contributed by atoms with Crippen LogP contribution in [0, 0.1) is 5.92 Å². The van der Waals surface area contributed by atoms with E-state index in [4.69, 9.17) is 19.4 Å². The Morgan fingerprint density at radius 3 is 2.57 bits per heavy atom. The van der Waals surface area contributed by atoms with Crippen LogP contribution in [0.4, 0.5) is 5.82 Å². The molecule has 3 aromatic heterocycles. The number of carbonyl (C=O) groups excluding carboxylic acids is 1.